The molecule has 0 unspecified atom stereocenters. The number of nitrogens with one attached hydrogen (secondary N) is 1. The predicted molar refractivity (Wildman–Crippen MR) is 66.4 cm³/mol. The largest absolute Gasteiger partial charge is 0.494 e. The van der Waals surface area contributed by atoms with Crippen molar-refractivity contribution in [2.24, 2.45) is 0 Å². The summed E-state index contributed by atoms with van der Waals surface area (Å²) >= 11 is 0. The van der Waals surface area contributed by atoms with E-state index in [1.165, 1.54) is 11.3 Å². The Morgan fingerprint density at radius 1 is 1.40 bits per heavy atom. The van der Waals surface area contributed by atoms with Crippen molar-refractivity contribution in [2.75, 3.05) is 18.5 Å². The van der Waals surface area contributed by atoms with Gasteiger partial charge in [-0.15, -0.1) is 12.4 Å². The van der Waals surface area contributed by atoms with Crippen LogP contribution in [0.15, 0.2) is 18.2 Å². The highest BCUT2D eigenvalue weighted by molar-refractivity contribution is 5.85. The second kappa shape index (κ2) is 4.31. The van der Waals surface area contributed by atoms with Gasteiger partial charge in [-0.2, -0.15) is 0 Å². The number of hydrogen-bond donors (Lipinski definition) is 1. The zero-order valence-corrected chi connectivity index (χ0v) is 10.3. The first-order valence-electron chi connectivity index (χ1n) is 5.15. The van der Waals surface area contributed by atoms with Crippen LogP contribution in [-0.2, 0) is 5.41 Å². The highest BCUT2D eigenvalue weighted by Crippen LogP contribution is 2.37. The summed E-state index contributed by atoms with van der Waals surface area (Å²) < 4.78 is 5.46. The fraction of sp³-hybridized carbons (Fsp3) is 0.500. The van der Waals surface area contributed by atoms with E-state index >= 15 is 0 Å². The monoisotopic (exact) mass is 227 g/mol. The third kappa shape index (κ3) is 2.20. The molecular weight excluding hydrogens is 210 g/mol. The summed E-state index contributed by atoms with van der Waals surface area (Å²) in [6, 6.07) is 6.31. The van der Waals surface area contributed by atoms with Crippen LogP contribution in [0.5, 0.6) is 5.75 Å². The zero-order valence-electron chi connectivity index (χ0n) is 9.46. The van der Waals surface area contributed by atoms with Crippen molar-refractivity contribution < 1.29 is 4.74 Å². The SMILES string of the molecule is CCOc1ccc2c(c1)NCC2(C)C.Cl. The molecule has 0 aliphatic carbocycles. The topological polar surface area (TPSA) is 21.3 Å². The molecule has 1 heterocycles. The number of hydrogen-bond acceptors (Lipinski definition) is 2. The maximum atomic E-state index is 5.46. The van der Waals surface area contributed by atoms with Gasteiger partial charge in [-0.25, -0.2) is 0 Å². The molecule has 0 fully saturated rings. The molecule has 84 valence electrons. The highest BCUT2D eigenvalue weighted by atomic mass is 35.5. The van der Waals surface area contributed by atoms with E-state index in [2.05, 4.69) is 37.4 Å². The third-order valence-corrected chi connectivity index (χ3v) is 2.75. The number of benzene rings is 1. The number of ether oxygens (including phenoxy) is 1. The van der Waals surface area contributed by atoms with Crippen LogP contribution in [0.4, 0.5) is 5.69 Å². The summed E-state index contributed by atoms with van der Waals surface area (Å²) in [6.45, 7) is 8.25. The standard InChI is InChI=1S/C12H17NO.ClH/c1-4-14-9-5-6-10-11(7-9)13-8-12(10,2)3;/h5-7,13H,4,8H2,1-3H3;1H. The van der Waals surface area contributed by atoms with Gasteiger partial charge in [0.25, 0.3) is 0 Å². The fourth-order valence-corrected chi connectivity index (χ4v) is 1.93. The van der Waals surface area contributed by atoms with Gasteiger partial charge in [-0.3, -0.25) is 0 Å². The Bertz CT molecular complexity index is 349. The lowest BCUT2D eigenvalue weighted by Crippen LogP contribution is -2.18. The number of anilines is 1. The summed E-state index contributed by atoms with van der Waals surface area (Å²) in [5, 5.41) is 3.41. The summed E-state index contributed by atoms with van der Waals surface area (Å²) in [7, 11) is 0. The van der Waals surface area contributed by atoms with Gasteiger partial charge < -0.3 is 10.1 Å². The minimum atomic E-state index is 0. The molecule has 0 atom stereocenters. The van der Waals surface area contributed by atoms with Crippen LogP contribution >= 0.6 is 12.4 Å². The van der Waals surface area contributed by atoms with Crippen molar-refractivity contribution in [3.05, 3.63) is 23.8 Å². The summed E-state index contributed by atoms with van der Waals surface area (Å²) in [6.07, 6.45) is 0. The highest BCUT2D eigenvalue weighted by Gasteiger charge is 2.29. The Hall–Kier alpha value is -0.890. The first-order chi connectivity index (χ1) is 6.63. The lowest BCUT2D eigenvalue weighted by atomic mass is 9.87. The molecule has 0 radical (unpaired) electrons. The molecule has 1 aliphatic rings. The molecule has 2 rings (SSSR count). The second-order valence-corrected chi connectivity index (χ2v) is 4.38. The fourth-order valence-electron chi connectivity index (χ4n) is 1.93. The molecule has 1 aromatic carbocycles. The van der Waals surface area contributed by atoms with Crippen LogP contribution in [0.3, 0.4) is 0 Å². The van der Waals surface area contributed by atoms with E-state index < -0.39 is 0 Å². The van der Waals surface area contributed by atoms with E-state index in [4.69, 9.17) is 4.74 Å². The van der Waals surface area contributed by atoms with E-state index in [1.54, 1.807) is 0 Å². The van der Waals surface area contributed by atoms with Crippen LogP contribution in [0.2, 0.25) is 0 Å². The molecule has 2 nitrogen and oxygen atoms in total. The van der Waals surface area contributed by atoms with Crippen molar-refractivity contribution in [1.29, 1.82) is 0 Å². The Morgan fingerprint density at radius 3 is 2.80 bits per heavy atom. The molecule has 0 amide bonds. The Morgan fingerprint density at radius 2 is 2.13 bits per heavy atom. The minimum Gasteiger partial charge on any atom is -0.494 e. The van der Waals surface area contributed by atoms with E-state index in [0.29, 0.717) is 0 Å². The normalized spacial score (nSPS) is 16.2. The molecule has 0 bridgehead atoms. The van der Waals surface area contributed by atoms with Crippen molar-refractivity contribution >= 4 is 18.1 Å². The van der Waals surface area contributed by atoms with Gasteiger partial charge in [0.15, 0.2) is 0 Å². The second-order valence-electron chi connectivity index (χ2n) is 4.38. The van der Waals surface area contributed by atoms with Crippen LogP contribution in [0.1, 0.15) is 26.3 Å². The maximum absolute atomic E-state index is 5.46. The van der Waals surface area contributed by atoms with E-state index in [0.717, 1.165) is 18.9 Å². The molecule has 0 spiro atoms. The number of halogens is 1. The molecule has 0 saturated carbocycles. The quantitative estimate of drug-likeness (QED) is 0.838. The van der Waals surface area contributed by atoms with Crippen LogP contribution in [-0.4, -0.2) is 13.2 Å². The van der Waals surface area contributed by atoms with Gasteiger partial charge in [0.1, 0.15) is 5.75 Å². The minimum absolute atomic E-state index is 0. The first kappa shape index (κ1) is 12.2. The van der Waals surface area contributed by atoms with Crippen LogP contribution in [0.25, 0.3) is 0 Å². The van der Waals surface area contributed by atoms with Crippen molar-refractivity contribution in [2.45, 2.75) is 26.2 Å². The predicted octanol–water partition coefficient (Wildman–Crippen LogP) is 3.21. The first-order valence-corrected chi connectivity index (χ1v) is 5.15. The van der Waals surface area contributed by atoms with Crippen molar-refractivity contribution in [3.8, 4) is 5.75 Å². The number of fused-ring (bicyclic) bond motifs is 1. The number of rotatable bonds is 2. The Kier molecular flexibility index (Phi) is 3.50. The van der Waals surface area contributed by atoms with Gasteiger partial charge >= 0.3 is 0 Å². The lowest BCUT2D eigenvalue weighted by Gasteiger charge is -2.16. The molecule has 1 N–H and O–H groups in total. The zero-order chi connectivity index (χ0) is 10.2. The van der Waals surface area contributed by atoms with E-state index in [9.17, 15) is 0 Å². The molecular formula is C12H18ClNO. The summed E-state index contributed by atoms with van der Waals surface area (Å²) in [4.78, 5) is 0. The van der Waals surface area contributed by atoms with Gasteiger partial charge in [-0.05, 0) is 18.6 Å². The van der Waals surface area contributed by atoms with Crippen LogP contribution < -0.4 is 10.1 Å². The molecule has 1 aliphatic heterocycles. The molecule has 3 heteroatoms. The third-order valence-electron chi connectivity index (χ3n) is 2.75. The van der Waals surface area contributed by atoms with Crippen molar-refractivity contribution in [3.63, 3.8) is 0 Å². The lowest BCUT2D eigenvalue weighted by molar-refractivity contribution is 0.340. The van der Waals surface area contributed by atoms with Gasteiger partial charge in [0.2, 0.25) is 0 Å². The smallest absolute Gasteiger partial charge is 0.121 e. The van der Waals surface area contributed by atoms with Crippen molar-refractivity contribution in [1.82, 2.24) is 0 Å². The molecule has 0 saturated heterocycles. The Balaban J connectivity index is 0.00000112. The van der Waals surface area contributed by atoms with Gasteiger partial charge in [0.05, 0.1) is 6.61 Å². The summed E-state index contributed by atoms with van der Waals surface area (Å²) in [5.74, 6) is 0.955. The van der Waals surface area contributed by atoms with Crippen LogP contribution in [0, 0.1) is 0 Å². The molecule has 15 heavy (non-hydrogen) atoms. The van der Waals surface area contributed by atoms with E-state index in [-0.39, 0.29) is 17.8 Å². The van der Waals surface area contributed by atoms with Gasteiger partial charge in [0, 0.05) is 23.7 Å². The maximum Gasteiger partial charge on any atom is 0.121 e. The van der Waals surface area contributed by atoms with E-state index in [1.807, 2.05) is 6.92 Å². The molecule has 1 aromatic rings. The van der Waals surface area contributed by atoms with Gasteiger partial charge in [-0.1, -0.05) is 19.9 Å². The summed E-state index contributed by atoms with van der Waals surface area (Å²) in [5.41, 5.74) is 2.86. The average molecular weight is 228 g/mol. The Labute approximate surface area is 97.4 Å². The molecule has 0 aromatic heterocycles. The average Bonchev–Trinajstić information content (AvgIpc) is 2.43.